The maximum absolute atomic E-state index is 13.8. The number of rotatable bonds is 8. The average molecular weight is 575 g/mol. The number of thiazole rings is 1. The van der Waals surface area contributed by atoms with E-state index in [1.54, 1.807) is 37.7 Å². The maximum atomic E-state index is 13.8. The first kappa shape index (κ1) is 27.4. The van der Waals surface area contributed by atoms with E-state index in [0.717, 1.165) is 16.7 Å². The molecule has 0 saturated heterocycles. The SMILES string of the molecule is CCOC(=O)C1=C(C)N=c2s/c(=C/c3ccc(OC)c(COc4cccc(Cl)c4)c3)c(=O)n2[C@H]1c1ccccc1. The summed E-state index contributed by atoms with van der Waals surface area (Å²) in [5.74, 6) is 0.827. The summed E-state index contributed by atoms with van der Waals surface area (Å²) in [4.78, 5) is 32.0. The minimum atomic E-state index is -0.642. The van der Waals surface area contributed by atoms with Gasteiger partial charge in [0.05, 0.1) is 35.6 Å². The van der Waals surface area contributed by atoms with Crippen molar-refractivity contribution in [1.82, 2.24) is 4.57 Å². The van der Waals surface area contributed by atoms with Gasteiger partial charge in [0.25, 0.3) is 5.56 Å². The summed E-state index contributed by atoms with van der Waals surface area (Å²) in [6.45, 7) is 4.00. The van der Waals surface area contributed by atoms with Gasteiger partial charge in [-0.2, -0.15) is 0 Å². The molecule has 1 atom stereocenters. The lowest BCUT2D eigenvalue weighted by molar-refractivity contribution is -0.139. The average Bonchev–Trinajstić information content (AvgIpc) is 3.25. The van der Waals surface area contributed by atoms with Crippen LogP contribution in [0.25, 0.3) is 6.08 Å². The van der Waals surface area contributed by atoms with Gasteiger partial charge in [0.15, 0.2) is 4.80 Å². The molecule has 7 nitrogen and oxygen atoms in total. The van der Waals surface area contributed by atoms with E-state index in [1.165, 1.54) is 11.3 Å². The minimum absolute atomic E-state index is 0.225. The van der Waals surface area contributed by atoms with E-state index in [4.69, 9.17) is 25.8 Å². The molecule has 0 spiro atoms. The predicted molar refractivity (Wildman–Crippen MR) is 156 cm³/mol. The van der Waals surface area contributed by atoms with E-state index in [1.807, 2.05) is 66.7 Å². The summed E-state index contributed by atoms with van der Waals surface area (Å²) in [7, 11) is 1.60. The Morgan fingerprint density at radius 2 is 1.90 bits per heavy atom. The second kappa shape index (κ2) is 11.9. The third-order valence-electron chi connectivity index (χ3n) is 6.42. The summed E-state index contributed by atoms with van der Waals surface area (Å²) in [6, 6.07) is 21.6. The topological polar surface area (TPSA) is 79.1 Å². The molecule has 40 heavy (non-hydrogen) atoms. The number of fused-ring (bicyclic) bond motifs is 1. The quantitative estimate of drug-likeness (QED) is 0.276. The summed E-state index contributed by atoms with van der Waals surface area (Å²) in [5, 5.41) is 0.587. The van der Waals surface area contributed by atoms with Crippen molar-refractivity contribution < 1.29 is 19.0 Å². The predicted octanol–water partition coefficient (Wildman–Crippen LogP) is 5.04. The summed E-state index contributed by atoms with van der Waals surface area (Å²) < 4.78 is 18.9. The van der Waals surface area contributed by atoms with Gasteiger partial charge in [0.2, 0.25) is 0 Å². The maximum Gasteiger partial charge on any atom is 0.338 e. The summed E-state index contributed by atoms with van der Waals surface area (Å²) in [6.07, 6.45) is 1.82. The number of hydrogen-bond acceptors (Lipinski definition) is 7. The number of hydrogen-bond donors (Lipinski definition) is 0. The van der Waals surface area contributed by atoms with E-state index in [-0.39, 0.29) is 18.8 Å². The molecule has 1 aromatic heterocycles. The van der Waals surface area contributed by atoms with Gasteiger partial charge in [-0.1, -0.05) is 65.4 Å². The molecule has 2 heterocycles. The van der Waals surface area contributed by atoms with Crippen molar-refractivity contribution in [2.45, 2.75) is 26.5 Å². The molecule has 1 aliphatic heterocycles. The highest BCUT2D eigenvalue weighted by Crippen LogP contribution is 2.30. The highest BCUT2D eigenvalue weighted by atomic mass is 35.5. The number of aromatic nitrogens is 1. The van der Waals surface area contributed by atoms with Gasteiger partial charge >= 0.3 is 5.97 Å². The van der Waals surface area contributed by atoms with E-state index in [9.17, 15) is 9.59 Å². The Morgan fingerprint density at radius 1 is 1.10 bits per heavy atom. The largest absolute Gasteiger partial charge is 0.496 e. The van der Waals surface area contributed by atoms with Gasteiger partial charge in [-0.3, -0.25) is 9.36 Å². The lowest BCUT2D eigenvalue weighted by Gasteiger charge is -2.24. The molecule has 0 aliphatic carbocycles. The van der Waals surface area contributed by atoms with Crippen molar-refractivity contribution in [2.75, 3.05) is 13.7 Å². The molecule has 0 amide bonds. The van der Waals surface area contributed by atoms with E-state index in [0.29, 0.717) is 37.1 Å². The third-order valence-corrected chi connectivity index (χ3v) is 7.64. The number of methoxy groups -OCH3 is 1. The number of ether oxygens (including phenoxy) is 3. The highest BCUT2D eigenvalue weighted by molar-refractivity contribution is 7.07. The highest BCUT2D eigenvalue weighted by Gasteiger charge is 2.33. The monoisotopic (exact) mass is 574 g/mol. The van der Waals surface area contributed by atoms with Gasteiger partial charge in [-0.05, 0) is 61.4 Å². The molecule has 0 saturated carbocycles. The molecule has 0 radical (unpaired) electrons. The van der Waals surface area contributed by atoms with Crippen LogP contribution < -0.4 is 24.4 Å². The molecule has 1 aliphatic rings. The zero-order chi connectivity index (χ0) is 28.2. The molecule has 5 rings (SSSR count). The van der Waals surface area contributed by atoms with Gasteiger partial charge < -0.3 is 14.2 Å². The third kappa shape index (κ3) is 5.59. The first-order valence-corrected chi connectivity index (χ1v) is 13.9. The fourth-order valence-electron chi connectivity index (χ4n) is 4.61. The Morgan fingerprint density at radius 3 is 2.62 bits per heavy atom. The molecule has 204 valence electrons. The second-order valence-electron chi connectivity index (χ2n) is 9.03. The molecule has 0 fully saturated rings. The van der Waals surface area contributed by atoms with Crippen molar-refractivity contribution >= 4 is 35.0 Å². The molecule has 9 heteroatoms. The lowest BCUT2D eigenvalue weighted by atomic mass is 9.96. The van der Waals surface area contributed by atoms with Crippen LogP contribution in [0.5, 0.6) is 11.5 Å². The summed E-state index contributed by atoms with van der Waals surface area (Å²) >= 11 is 7.36. The molecular formula is C31H27ClN2O5S. The van der Waals surface area contributed by atoms with Crippen molar-refractivity contribution in [3.63, 3.8) is 0 Å². The fraction of sp³-hybridized carbons (Fsp3) is 0.194. The number of carbonyl (C=O) groups is 1. The lowest BCUT2D eigenvalue weighted by Crippen LogP contribution is -2.39. The van der Waals surface area contributed by atoms with Crippen LogP contribution in [-0.4, -0.2) is 24.3 Å². The molecular weight excluding hydrogens is 548 g/mol. The van der Waals surface area contributed by atoms with Crippen molar-refractivity contribution in [3.05, 3.63) is 125 Å². The molecule has 4 aromatic rings. The van der Waals surface area contributed by atoms with Crippen LogP contribution in [0, 0.1) is 0 Å². The standard InChI is InChI=1S/C31H27ClN2O5S/c1-4-38-30(36)27-19(2)33-31-34(28(27)21-9-6-5-7-10-21)29(35)26(40-31)16-20-13-14-25(37-3)22(15-20)18-39-24-12-8-11-23(32)17-24/h5-17,28H,4,18H2,1-3H3/b26-16+/t28-/m0/s1. The molecule has 0 unspecified atom stereocenters. The number of benzene rings is 3. The van der Waals surface area contributed by atoms with E-state index < -0.39 is 12.0 Å². The van der Waals surface area contributed by atoms with Gasteiger partial charge in [-0.25, -0.2) is 9.79 Å². The van der Waals surface area contributed by atoms with Crippen LogP contribution in [0.2, 0.25) is 5.02 Å². The number of esters is 1. The molecule has 0 N–H and O–H groups in total. The Balaban J connectivity index is 1.57. The second-order valence-corrected chi connectivity index (χ2v) is 10.5. The minimum Gasteiger partial charge on any atom is -0.496 e. The Kier molecular flexibility index (Phi) is 8.19. The van der Waals surface area contributed by atoms with Crippen LogP contribution >= 0.6 is 22.9 Å². The zero-order valence-electron chi connectivity index (χ0n) is 22.2. The van der Waals surface area contributed by atoms with E-state index >= 15 is 0 Å². The Labute approximate surface area is 240 Å². The number of carbonyl (C=O) groups excluding carboxylic acids is 1. The van der Waals surface area contributed by atoms with Crippen molar-refractivity contribution in [2.24, 2.45) is 4.99 Å². The fourth-order valence-corrected chi connectivity index (χ4v) is 5.84. The van der Waals surface area contributed by atoms with Crippen LogP contribution in [0.15, 0.2) is 93.9 Å². The first-order valence-electron chi connectivity index (χ1n) is 12.7. The van der Waals surface area contributed by atoms with Gasteiger partial charge in [-0.15, -0.1) is 0 Å². The van der Waals surface area contributed by atoms with Gasteiger partial charge in [0.1, 0.15) is 18.1 Å². The smallest absolute Gasteiger partial charge is 0.338 e. The van der Waals surface area contributed by atoms with Crippen LogP contribution in [0.4, 0.5) is 0 Å². The number of halogens is 1. The Bertz CT molecular complexity index is 1780. The van der Waals surface area contributed by atoms with Crippen molar-refractivity contribution in [1.29, 1.82) is 0 Å². The molecule has 3 aromatic carbocycles. The number of nitrogens with zero attached hydrogens (tertiary/aromatic N) is 2. The van der Waals surface area contributed by atoms with Crippen molar-refractivity contribution in [3.8, 4) is 11.5 Å². The van der Waals surface area contributed by atoms with Crippen LogP contribution in [0.3, 0.4) is 0 Å². The van der Waals surface area contributed by atoms with E-state index in [2.05, 4.69) is 4.99 Å². The van der Waals surface area contributed by atoms with Crippen LogP contribution in [-0.2, 0) is 16.1 Å². The first-order chi connectivity index (χ1) is 19.4. The summed E-state index contributed by atoms with van der Waals surface area (Å²) in [5.41, 5.74) is 3.07. The normalized spacial score (nSPS) is 14.9. The number of allylic oxidation sites excluding steroid dienone is 1. The van der Waals surface area contributed by atoms with Gasteiger partial charge in [0, 0.05) is 10.6 Å². The Hall–Kier alpha value is -4.14. The molecule has 0 bridgehead atoms. The van der Waals surface area contributed by atoms with Crippen LogP contribution in [0.1, 0.15) is 36.6 Å². The zero-order valence-corrected chi connectivity index (χ0v) is 23.8.